The van der Waals surface area contributed by atoms with Crippen molar-refractivity contribution in [3.63, 3.8) is 0 Å². The van der Waals surface area contributed by atoms with Gasteiger partial charge in [0.25, 0.3) is 5.91 Å². The van der Waals surface area contributed by atoms with Crippen LogP contribution >= 0.6 is 39.9 Å². The number of amides is 1. The van der Waals surface area contributed by atoms with Crippen molar-refractivity contribution in [1.29, 1.82) is 0 Å². The van der Waals surface area contributed by atoms with Gasteiger partial charge < -0.3 is 9.30 Å². The number of rotatable bonds is 7. The average molecular weight is 515 g/mol. The first-order valence-corrected chi connectivity index (χ1v) is 12.1. The first-order chi connectivity index (χ1) is 15.0. The van der Waals surface area contributed by atoms with Crippen LogP contribution in [0.15, 0.2) is 58.0 Å². The molecule has 160 valence electrons. The number of hydrogen-bond acceptors (Lipinski definition) is 4. The summed E-state index contributed by atoms with van der Waals surface area (Å²) in [5.41, 5.74) is 4.77. The monoisotopic (exact) mass is 514 g/mol. The zero-order valence-corrected chi connectivity index (χ0v) is 20.6. The third-order valence-electron chi connectivity index (χ3n) is 5.34. The summed E-state index contributed by atoms with van der Waals surface area (Å²) in [5, 5.41) is 1.15. The van der Waals surface area contributed by atoms with Crippen LogP contribution in [0.25, 0.3) is 17.0 Å². The van der Waals surface area contributed by atoms with Gasteiger partial charge in [0, 0.05) is 35.3 Å². The van der Waals surface area contributed by atoms with Gasteiger partial charge in [0.2, 0.25) is 0 Å². The van der Waals surface area contributed by atoms with Gasteiger partial charge >= 0.3 is 0 Å². The first kappa shape index (κ1) is 22.3. The smallest absolute Gasteiger partial charge is 0.266 e. The Kier molecular flexibility index (Phi) is 6.96. The number of benzene rings is 2. The summed E-state index contributed by atoms with van der Waals surface area (Å²) in [6.45, 7) is 3.88. The lowest BCUT2D eigenvalue weighted by molar-refractivity contribution is -0.122. The Morgan fingerprint density at radius 2 is 1.97 bits per heavy atom. The lowest BCUT2D eigenvalue weighted by Gasteiger charge is -2.12. The zero-order chi connectivity index (χ0) is 22.0. The number of halogens is 1. The Bertz CT molecular complexity index is 1170. The highest BCUT2D eigenvalue weighted by molar-refractivity contribution is 9.10. The number of aryl methyl sites for hydroxylation is 1. The van der Waals surface area contributed by atoms with Crippen molar-refractivity contribution in [2.45, 2.75) is 19.9 Å². The van der Waals surface area contributed by atoms with E-state index in [2.05, 4.69) is 76.1 Å². The fourth-order valence-corrected chi connectivity index (χ4v) is 5.36. The Balaban J connectivity index is 1.75. The van der Waals surface area contributed by atoms with Gasteiger partial charge in [0.15, 0.2) is 0 Å². The van der Waals surface area contributed by atoms with Crippen LogP contribution < -0.4 is 0 Å². The number of aromatic nitrogens is 1. The Hall–Kier alpha value is -1.93. The second-order valence-electron chi connectivity index (χ2n) is 7.33. The number of ether oxygens (including phenoxy) is 1. The number of nitrogens with zero attached hydrogens (tertiary/aromatic N) is 2. The Morgan fingerprint density at radius 1 is 1.19 bits per heavy atom. The predicted molar refractivity (Wildman–Crippen MR) is 136 cm³/mol. The van der Waals surface area contributed by atoms with Crippen molar-refractivity contribution in [3.05, 3.63) is 74.7 Å². The lowest BCUT2D eigenvalue weighted by atomic mass is 10.1. The molecule has 1 aromatic heterocycles. The standard InChI is InChI=1S/C24H23BrN2O2S2/c1-3-17-5-4-6-20-18(13-21-23(28)27(11-12-29-2)24(30)31-21)15-26(22(17)20)14-16-7-9-19(25)10-8-16/h4-10,13,15H,3,11-12,14H2,1-2H3/b21-13-. The van der Waals surface area contributed by atoms with Crippen LogP contribution in [0.2, 0.25) is 0 Å². The molecular weight excluding hydrogens is 492 g/mol. The third-order valence-corrected chi connectivity index (χ3v) is 7.25. The highest BCUT2D eigenvalue weighted by atomic mass is 79.9. The molecule has 1 saturated heterocycles. The molecule has 2 aromatic carbocycles. The van der Waals surface area contributed by atoms with Crippen molar-refractivity contribution < 1.29 is 9.53 Å². The van der Waals surface area contributed by atoms with Crippen molar-refractivity contribution in [3.8, 4) is 0 Å². The normalized spacial score (nSPS) is 15.6. The fraction of sp³-hybridized carbons (Fsp3) is 0.250. The zero-order valence-electron chi connectivity index (χ0n) is 17.4. The molecule has 0 bridgehead atoms. The summed E-state index contributed by atoms with van der Waals surface area (Å²) in [6, 6.07) is 14.8. The van der Waals surface area contributed by atoms with Crippen molar-refractivity contribution in [2.75, 3.05) is 20.3 Å². The van der Waals surface area contributed by atoms with Gasteiger partial charge in [-0.25, -0.2) is 0 Å². The molecule has 1 fully saturated rings. The molecular formula is C24H23BrN2O2S2. The summed E-state index contributed by atoms with van der Waals surface area (Å²) in [6.07, 6.45) is 5.07. The van der Waals surface area contributed by atoms with Crippen LogP contribution in [0.4, 0.5) is 0 Å². The maximum Gasteiger partial charge on any atom is 0.266 e. The minimum Gasteiger partial charge on any atom is -0.383 e. The summed E-state index contributed by atoms with van der Waals surface area (Å²) in [4.78, 5) is 15.2. The number of carbonyl (C=O) groups excluding carboxylic acids is 1. The number of fused-ring (bicyclic) bond motifs is 1. The number of thioether (sulfide) groups is 1. The fourth-order valence-electron chi connectivity index (χ4n) is 3.79. The molecule has 0 N–H and O–H groups in total. The first-order valence-electron chi connectivity index (χ1n) is 10.1. The summed E-state index contributed by atoms with van der Waals surface area (Å²) in [5.74, 6) is -0.0486. The summed E-state index contributed by atoms with van der Waals surface area (Å²) >= 11 is 10.3. The van der Waals surface area contributed by atoms with Gasteiger partial charge in [-0.3, -0.25) is 9.69 Å². The van der Waals surface area contributed by atoms with Gasteiger partial charge in [0.05, 0.1) is 23.6 Å². The van der Waals surface area contributed by atoms with E-state index in [0.717, 1.165) is 28.4 Å². The molecule has 0 atom stereocenters. The maximum atomic E-state index is 12.9. The maximum absolute atomic E-state index is 12.9. The predicted octanol–water partition coefficient (Wildman–Crippen LogP) is 5.86. The van der Waals surface area contributed by atoms with E-state index in [1.54, 1.807) is 12.0 Å². The number of carbonyl (C=O) groups is 1. The molecule has 0 spiro atoms. The van der Waals surface area contributed by atoms with Gasteiger partial charge in [-0.15, -0.1) is 0 Å². The molecule has 4 rings (SSSR count). The molecule has 0 unspecified atom stereocenters. The van der Waals surface area contributed by atoms with E-state index in [-0.39, 0.29) is 5.91 Å². The van der Waals surface area contributed by atoms with E-state index >= 15 is 0 Å². The molecule has 1 aliphatic rings. The molecule has 2 heterocycles. The van der Waals surface area contributed by atoms with E-state index in [1.165, 1.54) is 28.4 Å². The van der Waals surface area contributed by atoms with Crippen molar-refractivity contribution in [1.82, 2.24) is 9.47 Å². The largest absolute Gasteiger partial charge is 0.383 e. The van der Waals surface area contributed by atoms with E-state index in [4.69, 9.17) is 17.0 Å². The van der Waals surface area contributed by atoms with Crippen LogP contribution in [0, 0.1) is 0 Å². The van der Waals surface area contributed by atoms with Crippen molar-refractivity contribution >= 4 is 67.1 Å². The van der Waals surface area contributed by atoms with E-state index in [1.807, 2.05) is 6.08 Å². The molecule has 7 heteroatoms. The average Bonchev–Trinajstić information content (AvgIpc) is 3.25. The quantitative estimate of drug-likeness (QED) is 0.292. The molecule has 0 saturated carbocycles. The van der Waals surface area contributed by atoms with Crippen LogP contribution in [-0.2, 0) is 22.5 Å². The number of para-hydroxylation sites is 1. The van der Waals surface area contributed by atoms with Crippen LogP contribution in [0.5, 0.6) is 0 Å². The molecule has 1 aliphatic heterocycles. The van der Waals surface area contributed by atoms with Gasteiger partial charge in [-0.2, -0.15) is 0 Å². The van der Waals surface area contributed by atoms with Crippen LogP contribution in [0.1, 0.15) is 23.6 Å². The minimum atomic E-state index is -0.0486. The van der Waals surface area contributed by atoms with E-state index in [9.17, 15) is 4.79 Å². The third kappa shape index (κ3) is 4.65. The molecule has 4 nitrogen and oxygen atoms in total. The van der Waals surface area contributed by atoms with E-state index in [0.29, 0.717) is 22.4 Å². The molecule has 1 amide bonds. The van der Waals surface area contributed by atoms with Gasteiger partial charge in [-0.05, 0) is 35.8 Å². The second kappa shape index (κ2) is 9.69. The topological polar surface area (TPSA) is 34.5 Å². The molecule has 0 aliphatic carbocycles. The SMILES string of the molecule is CCc1cccc2c(/C=C3\SC(=S)N(CCOC)C3=O)cn(Cc3ccc(Br)cc3)c12. The Morgan fingerprint density at radius 3 is 2.68 bits per heavy atom. The number of thiocarbonyl (C=S) groups is 1. The van der Waals surface area contributed by atoms with Gasteiger partial charge in [-0.1, -0.05) is 77.2 Å². The second-order valence-corrected chi connectivity index (χ2v) is 9.92. The van der Waals surface area contributed by atoms with Crippen LogP contribution in [0.3, 0.4) is 0 Å². The van der Waals surface area contributed by atoms with Crippen molar-refractivity contribution in [2.24, 2.45) is 0 Å². The molecule has 0 radical (unpaired) electrons. The molecule has 31 heavy (non-hydrogen) atoms. The Labute approximate surface area is 200 Å². The number of methoxy groups -OCH3 is 1. The highest BCUT2D eigenvalue weighted by Crippen LogP contribution is 2.35. The summed E-state index contributed by atoms with van der Waals surface area (Å²) in [7, 11) is 1.62. The molecule has 3 aromatic rings. The number of hydrogen-bond donors (Lipinski definition) is 0. The van der Waals surface area contributed by atoms with Crippen LogP contribution in [-0.4, -0.2) is 40.0 Å². The minimum absolute atomic E-state index is 0.0486. The lowest BCUT2D eigenvalue weighted by Crippen LogP contribution is -2.31. The van der Waals surface area contributed by atoms with E-state index < -0.39 is 0 Å². The van der Waals surface area contributed by atoms with Gasteiger partial charge in [0.1, 0.15) is 4.32 Å². The summed E-state index contributed by atoms with van der Waals surface area (Å²) < 4.78 is 9.06. The highest BCUT2D eigenvalue weighted by Gasteiger charge is 2.31.